The van der Waals surface area contributed by atoms with Crippen LogP contribution in [0.3, 0.4) is 0 Å². The number of rotatable bonds is 8. The van der Waals surface area contributed by atoms with Crippen molar-refractivity contribution in [3.8, 4) is 5.75 Å². The van der Waals surface area contributed by atoms with Crippen molar-refractivity contribution in [3.63, 3.8) is 0 Å². The van der Waals surface area contributed by atoms with Crippen molar-refractivity contribution >= 4 is 17.9 Å². The lowest BCUT2D eigenvalue weighted by molar-refractivity contribution is -0.144. The summed E-state index contributed by atoms with van der Waals surface area (Å²) in [6, 6.07) is 4.36. The number of nitrogens with one attached hydrogen (secondary N) is 2. The molecule has 3 amide bonds. The Bertz CT molecular complexity index is 810. The van der Waals surface area contributed by atoms with Crippen LogP contribution >= 0.6 is 0 Å². The number of hydrogen-bond acceptors (Lipinski definition) is 5. The van der Waals surface area contributed by atoms with Gasteiger partial charge in [-0.2, -0.15) is 0 Å². The number of carbonyl (C=O) groups is 3. The van der Waals surface area contributed by atoms with Gasteiger partial charge in [0, 0.05) is 12.1 Å². The van der Waals surface area contributed by atoms with Gasteiger partial charge in [0.1, 0.15) is 23.4 Å². The molecule has 0 aliphatic heterocycles. The molecule has 32 heavy (non-hydrogen) atoms. The van der Waals surface area contributed by atoms with Gasteiger partial charge in [-0.05, 0) is 71.1 Å². The van der Waals surface area contributed by atoms with E-state index in [1.165, 1.54) is 12.1 Å². The lowest BCUT2D eigenvalue weighted by Crippen LogP contribution is -2.55. The summed E-state index contributed by atoms with van der Waals surface area (Å²) in [5.41, 5.74) is -0.0997. The van der Waals surface area contributed by atoms with E-state index in [1.54, 1.807) is 37.8 Å². The molecule has 2 atom stereocenters. The number of carbonyl (C=O) groups excluding carboxylic acids is 3. The van der Waals surface area contributed by atoms with E-state index in [2.05, 4.69) is 10.6 Å². The van der Waals surface area contributed by atoms with Gasteiger partial charge in [0.25, 0.3) is 0 Å². The summed E-state index contributed by atoms with van der Waals surface area (Å²) in [7, 11) is 0. The van der Waals surface area contributed by atoms with Crippen LogP contribution in [0.5, 0.6) is 5.75 Å². The summed E-state index contributed by atoms with van der Waals surface area (Å²) in [5, 5.41) is 15.3. The number of aromatic hydroxyl groups is 1. The standard InChI is InChI=1S/C24H37N3O5/c1-14(2)19(26-23(31)32-24(5,6)7)22(30)27(17-10-11-17)20(21(29)25-15(3)4)16-8-12-18(28)13-9-16/h8-9,12-15,17,19-20,28H,10-11H2,1-7H3,(H,25,29)(H,26,31). The Kier molecular flexibility index (Phi) is 8.15. The molecule has 8 heteroatoms. The van der Waals surface area contributed by atoms with Crippen LogP contribution in [0.4, 0.5) is 4.79 Å². The molecule has 0 spiro atoms. The van der Waals surface area contributed by atoms with Crippen LogP contribution < -0.4 is 10.6 Å². The summed E-state index contributed by atoms with van der Waals surface area (Å²) in [4.78, 5) is 41.0. The minimum absolute atomic E-state index is 0.0766. The maximum absolute atomic E-state index is 13.8. The number of alkyl carbamates (subject to hydrolysis) is 1. The molecule has 2 unspecified atom stereocenters. The van der Waals surface area contributed by atoms with Crippen molar-refractivity contribution in [1.29, 1.82) is 0 Å². The summed E-state index contributed by atoms with van der Waals surface area (Å²) in [5.74, 6) is -0.770. The molecule has 1 aromatic carbocycles. The molecule has 0 aromatic heterocycles. The molecule has 0 bridgehead atoms. The van der Waals surface area contributed by atoms with E-state index in [9.17, 15) is 19.5 Å². The maximum atomic E-state index is 13.8. The van der Waals surface area contributed by atoms with Gasteiger partial charge >= 0.3 is 6.09 Å². The Balaban J connectivity index is 2.40. The fourth-order valence-electron chi connectivity index (χ4n) is 3.44. The fourth-order valence-corrected chi connectivity index (χ4v) is 3.44. The average molecular weight is 448 g/mol. The monoisotopic (exact) mass is 447 g/mol. The largest absolute Gasteiger partial charge is 0.508 e. The third kappa shape index (κ3) is 7.14. The average Bonchev–Trinajstić information content (AvgIpc) is 3.47. The highest BCUT2D eigenvalue weighted by molar-refractivity contribution is 5.92. The Morgan fingerprint density at radius 2 is 1.59 bits per heavy atom. The minimum Gasteiger partial charge on any atom is -0.508 e. The topological polar surface area (TPSA) is 108 Å². The van der Waals surface area contributed by atoms with Crippen molar-refractivity contribution < 1.29 is 24.2 Å². The molecule has 0 heterocycles. The van der Waals surface area contributed by atoms with Crippen LogP contribution in [0.25, 0.3) is 0 Å². The summed E-state index contributed by atoms with van der Waals surface area (Å²) in [6.07, 6.45) is 0.895. The normalized spacial score (nSPS) is 15.8. The molecule has 3 N–H and O–H groups in total. The number of nitrogens with zero attached hydrogens (tertiary/aromatic N) is 1. The zero-order valence-corrected chi connectivity index (χ0v) is 20.1. The third-order valence-electron chi connectivity index (χ3n) is 4.97. The number of ether oxygens (including phenoxy) is 1. The maximum Gasteiger partial charge on any atom is 0.408 e. The predicted octanol–water partition coefficient (Wildman–Crippen LogP) is 3.50. The molecular weight excluding hydrogens is 410 g/mol. The van der Waals surface area contributed by atoms with Crippen molar-refractivity contribution in [2.45, 2.75) is 91.1 Å². The van der Waals surface area contributed by atoms with Crippen LogP contribution in [0.15, 0.2) is 24.3 Å². The smallest absolute Gasteiger partial charge is 0.408 e. The van der Waals surface area contributed by atoms with E-state index in [1.807, 2.05) is 27.7 Å². The van der Waals surface area contributed by atoms with E-state index >= 15 is 0 Å². The van der Waals surface area contributed by atoms with Crippen LogP contribution in [-0.2, 0) is 14.3 Å². The molecule has 0 radical (unpaired) electrons. The Hall–Kier alpha value is -2.77. The lowest BCUT2D eigenvalue weighted by Gasteiger charge is -2.36. The van der Waals surface area contributed by atoms with Gasteiger partial charge in [-0.3, -0.25) is 9.59 Å². The van der Waals surface area contributed by atoms with E-state index in [0.717, 1.165) is 12.8 Å². The van der Waals surface area contributed by atoms with Gasteiger partial charge < -0.3 is 25.4 Å². The molecule has 1 aromatic rings. The molecule has 178 valence electrons. The predicted molar refractivity (Wildman–Crippen MR) is 122 cm³/mol. The first-order valence-electron chi connectivity index (χ1n) is 11.2. The van der Waals surface area contributed by atoms with Crippen molar-refractivity contribution in [2.75, 3.05) is 0 Å². The number of amides is 3. The molecule has 1 saturated carbocycles. The van der Waals surface area contributed by atoms with Gasteiger partial charge in [0.05, 0.1) is 0 Å². The Labute approximate surface area is 190 Å². The molecule has 2 rings (SSSR count). The first-order valence-corrected chi connectivity index (χ1v) is 11.2. The Morgan fingerprint density at radius 1 is 1.03 bits per heavy atom. The van der Waals surface area contributed by atoms with Gasteiger partial charge in [-0.1, -0.05) is 26.0 Å². The third-order valence-corrected chi connectivity index (χ3v) is 4.97. The van der Waals surface area contributed by atoms with Gasteiger partial charge in [0.2, 0.25) is 11.8 Å². The quantitative estimate of drug-likeness (QED) is 0.565. The van der Waals surface area contributed by atoms with Gasteiger partial charge in [-0.25, -0.2) is 4.79 Å². The second-order valence-corrected chi connectivity index (χ2v) is 10.0. The van der Waals surface area contributed by atoms with Gasteiger partial charge in [0.15, 0.2) is 0 Å². The van der Waals surface area contributed by atoms with E-state index in [0.29, 0.717) is 5.56 Å². The number of phenolic OH excluding ortho intramolecular Hbond substituents is 1. The fraction of sp³-hybridized carbons (Fsp3) is 0.625. The van der Waals surface area contributed by atoms with E-state index in [4.69, 9.17) is 4.74 Å². The van der Waals surface area contributed by atoms with E-state index in [-0.39, 0.29) is 35.6 Å². The molecule has 1 fully saturated rings. The number of benzene rings is 1. The van der Waals surface area contributed by atoms with Crippen molar-refractivity contribution in [3.05, 3.63) is 29.8 Å². The molecule has 1 aliphatic rings. The highest BCUT2D eigenvalue weighted by atomic mass is 16.6. The van der Waals surface area contributed by atoms with Crippen LogP contribution in [0, 0.1) is 5.92 Å². The zero-order chi connectivity index (χ0) is 24.2. The van der Waals surface area contributed by atoms with Crippen LogP contribution in [-0.4, -0.2) is 51.6 Å². The number of hydrogen-bond donors (Lipinski definition) is 3. The summed E-state index contributed by atoms with van der Waals surface area (Å²) < 4.78 is 5.35. The van der Waals surface area contributed by atoms with Gasteiger partial charge in [-0.15, -0.1) is 0 Å². The summed E-state index contributed by atoms with van der Waals surface area (Å²) >= 11 is 0. The highest BCUT2D eigenvalue weighted by Crippen LogP contribution is 2.36. The molecule has 1 aliphatic carbocycles. The first kappa shape index (κ1) is 25.5. The second-order valence-electron chi connectivity index (χ2n) is 10.0. The SMILES string of the molecule is CC(C)NC(=O)C(c1ccc(O)cc1)N(C(=O)C(NC(=O)OC(C)(C)C)C(C)C)C1CC1. The van der Waals surface area contributed by atoms with Crippen molar-refractivity contribution in [1.82, 2.24) is 15.5 Å². The molecule has 0 saturated heterocycles. The highest BCUT2D eigenvalue weighted by Gasteiger charge is 2.44. The second kappa shape index (κ2) is 10.2. The minimum atomic E-state index is -0.875. The zero-order valence-electron chi connectivity index (χ0n) is 20.1. The Morgan fingerprint density at radius 3 is 2.03 bits per heavy atom. The number of phenols is 1. The lowest BCUT2D eigenvalue weighted by atomic mass is 9.98. The van der Waals surface area contributed by atoms with Crippen molar-refractivity contribution in [2.24, 2.45) is 5.92 Å². The van der Waals surface area contributed by atoms with E-state index < -0.39 is 23.8 Å². The van der Waals surface area contributed by atoms with Crippen LogP contribution in [0.2, 0.25) is 0 Å². The summed E-state index contributed by atoms with van der Waals surface area (Å²) in [6.45, 7) is 12.7. The molecular formula is C24H37N3O5. The van der Waals surface area contributed by atoms with Crippen LogP contribution in [0.1, 0.15) is 72.9 Å². The molecule has 8 nitrogen and oxygen atoms in total. The first-order chi connectivity index (χ1) is 14.8.